The first kappa shape index (κ1) is 28.0. The van der Waals surface area contributed by atoms with E-state index >= 15 is 0 Å². The lowest BCUT2D eigenvalue weighted by atomic mass is 9.88. The van der Waals surface area contributed by atoms with Crippen LogP contribution in [0.2, 0.25) is 0 Å². The first-order chi connectivity index (χ1) is 25.3. The van der Waals surface area contributed by atoms with E-state index in [4.69, 9.17) is 19.4 Å². The highest BCUT2D eigenvalue weighted by atomic mass is 16.3. The highest BCUT2D eigenvalue weighted by molar-refractivity contribution is 6.38. The van der Waals surface area contributed by atoms with Gasteiger partial charge in [-0.3, -0.25) is 0 Å². The van der Waals surface area contributed by atoms with Gasteiger partial charge in [0.15, 0.2) is 17.5 Å². The predicted octanol–water partition coefficient (Wildman–Crippen LogP) is 12.5. The van der Waals surface area contributed by atoms with Gasteiger partial charge in [-0.2, -0.15) is 0 Å². The molecule has 0 aliphatic rings. The van der Waals surface area contributed by atoms with Crippen LogP contribution in [0.4, 0.5) is 0 Å². The third-order valence-corrected chi connectivity index (χ3v) is 10.3. The first-order valence-electron chi connectivity index (χ1n) is 17.2. The Bertz CT molecular complexity index is 3070. The maximum absolute atomic E-state index is 6.84. The molecule has 2 aromatic heterocycles. The Hall–Kier alpha value is -6.91. The molecule has 11 rings (SSSR count). The summed E-state index contributed by atoms with van der Waals surface area (Å²) in [6.45, 7) is 0. The van der Waals surface area contributed by atoms with Crippen molar-refractivity contribution in [2.75, 3.05) is 0 Å². The number of aromatic nitrogens is 3. The lowest BCUT2D eigenvalue weighted by Crippen LogP contribution is -2.00. The monoisotopic (exact) mass is 649 g/mol. The fourth-order valence-corrected chi connectivity index (χ4v) is 8.01. The molecule has 0 N–H and O–H groups in total. The zero-order chi connectivity index (χ0) is 33.5. The molecule has 11 aromatic rings. The van der Waals surface area contributed by atoms with E-state index in [0.29, 0.717) is 17.5 Å². The van der Waals surface area contributed by atoms with Crippen LogP contribution in [0.5, 0.6) is 0 Å². The number of fused-ring (bicyclic) bond motifs is 6. The van der Waals surface area contributed by atoms with Gasteiger partial charge >= 0.3 is 0 Å². The van der Waals surface area contributed by atoms with Crippen molar-refractivity contribution in [3.63, 3.8) is 0 Å². The van der Waals surface area contributed by atoms with Crippen LogP contribution < -0.4 is 0 Å². The lowest BCUT2D eigenvalue weighted by molar-refractivity contribution is 0.670. The van der Waals surface area contributed by atoms with Crippen LogP contribution in [0.15, 0.2) is 168 Å². The molecule has 0 aliphatic carbocycles. The summed E-state index contributed by atoms with van der Waals surface area (Å²) in [6, 6.07) is 57.2. The molecule has 0 saturated carbocycles. The van der Waals surface area contributed by atoms with Crippen molar-refractivity contribution in [3.05, 3.63) is 164 Å². The number of furan rings is 1. The number of rotatable bonds is 4. The van der Waals surface area contributed by atoms with Gasteiger partial charge in [0.1, 0.15) is 11.2 Å². The van der Waals surface area contributed by atoms with Crippen LogP contribution in [-0.2, 0) is 0 Å². The summed E-state index contributed by atoms with van der Waals surface area (Å²) in [6.07, 6.45) is 0. The molecule has 51 heavy (non-hydrogen) atoms. The van der Waals surface area contributed by atoms with Gasteiger partial charge in [0.2, 0.25) is 0 Å². The number of hydrogen-bond donors (Lipinski definition) is 0. The van der Waals surface area contributed by atoms with Gasteiger partial charge < -0.3 is 4.42 Å². The predicted molar refractivity (Wildman–Crippen MR) is 210 cm³/mol. The van der Waals surface area contributed by atoms with Crippen LogP contribution in [0.1, 0.15) is 0 Å². The maximum Gasteiger partial charge on any atom is 0.164 e. The molecule has 0 aliphatic heterocycles. The summed E-state index contributed by atoms with van der Waals surface area (Å²) in [4.78, 5) is 15.1. The second-order valence-electron chi connectivity index (χ2n) is 13.1. The average molecular weight is 650 g/mol. The summed E-state index contributed by atoms with van der Waals surface area (Å²) >= 11 is 0. The molecule has 0 unspecified atom stereocenters. The van der Waals surface area contributed by atoms with Crippen LogP contribution in [0.3, 0.4) is 0 Å². The van der Waals surface area contributed by atoms with Gasteiger partial charge in [0.05, 0.1) is 0 Å². The van der Waals surface area contributed by atoms with E-state index < -0.39 is 0 Å². The van der Waals surface area contributed by atoms with Crippen molar-refractivity contribution in [2.24, 2.45) is 0 Å². The molecule has 2 heterocycles. The van der Waals surface area contributed by atoms with Crippen molar-refractivity contribution in [1.82, 2.24) is 15.0 Å². The number of nitrogens with zero attached hydrogens (tertiary/aromatic N) is 3. The Balaban J connectivity index is 1.17. The van der Waals surface area contributed by atoms with E-state index in [1.165, 1.54) is 43.1 Å². The molecule has 0 atom stereocenters. The number of hydrogen-bond acceptors (Lipinski definition) is 4. The molecule has 4 heteroatoms. The zero-order valence-electron chi connectivity index (χ0n) is 27.3. The molecular weight excluding hydrogens is 623 g/mol. The van der Waals surface area contributed by atoms with Crippen molar-refractivity contribution in [2.45, 2.75) is 0 Å². The second-order valence-corrected chi connectivity index (χ2v) is 13.1. The summed E-state index contributed by atoms with van der Waals surface area (Å²) < 4.78 is 6.84. The van der Waals surface area contributed by atoms with Crippen LogP contribution >= 0.6 is 0 Å². The lowest BCUT2D eigenvalue weighted by Gasteiger charge is -2.15. The van der Waals surface area contributed by atoms with Crippen LogP contribution in [0, 0.1) is 0 Å². The Morgan fingerprint density at radius 2 is 0.863 bits per heavy atom. The van der Waals surface area contributed by atoms with Gasteiger partial charge in [-0.15, -0.1) is 0 Å². The highest BCUT2D eigenvalue weighted by Gasteiger charge is 2.23. The Morgan fingerprint density at radius 3 is 1.61 bits per heavy atom. The third kappa shape index (κ3) is 4.17. The van der Waals surface area contributed by atoms with Crippen molar-refractivity contribution >= 4 is 65.0 Å². The molecule has 0 fully saturated rings. The van der Waals surface area contributed by atoms with Gasteiger partial charge in [0, 0.05) is 33.0 Å². The van der Waals surface area contributed by atoms with Gasteiger partial charge in [-0.1, -0.05) is 146 Å². The van der Waals surface area contributed by atoms with E-state index in [9.17, 15) is 0 Å². The van der Waals surface area contributed by atoms with Crippen LogP contribution in [-0.4, -0.2) is 15.0 Å². The van der Waals surface area contributed by atoms with Crippen molar-refractivity contribution in [1.29, 1.82) is 0 Å². The maximum atomic E-state index is 6.84. The van der Waals surface area contributed by atoms with E-state index in [1.807, 2.05) is 60.7 Å². The quantitative estimate of drug-likeness (QED) is 0.178. The summed E-state index contributed by atoms with van der Waals surface area (Å²) in [7, 11) is 0. The fraction of sp³-hybridized carbons (Fsp3) is 0. The zero-order valence-corrected chi connectivity index (χ0v) is 27.3. The minimum atomic E-state index is 0.636. The Morgan fingerprint density at radius 1 is 0.314 bits per heavy atom. The first-order valence-corrected chi connectivity index (χ1v) is 17.2. The minimum absolute atomic E-state index is 0.636. The van der Waals surface area contributed by atoms with Gasteiger partial charge in [0.25, 0.3) is 0 Å². The molecule has 4 nitrogen and oxygen atoms in total. The SMILES string of the molecule is c1ccc(-c2nc(-c3ccccc3)nc(-c3ccc(-c4ccc5c6c7ccccc7ccc6c6cccc7oc4c5c76)c4ccccc34)n2)cc1. The molecule has 0 bridgehead atoms. The van der Waals surface area contributed by atoms with E-state index in [-0.39, 0.29) is 0 Å². The van der Waals surface area contributed by atoms with Gasteiger partial charge in [-0.25, -0.2) is 15.0 Å². The summed E-state index contributed by atoms with van der Waals surface area (Å²) in [5.74, 6) is 1.92. The molecule has 236 valence electrons. The van der Waals surface area contributed by atoms with Crippen LogP contribution in [0.25, 0.3) is 110 Å². The smallest absolute Gasteiger partial charge is 0.164 e. The van der Waals surface area contributed by atoms with Crippen molar-refractivity contribution < 1.29 is 4.42 Å². The topological polar surface area (TPSA) is 51.8 Å². The molecule has 9 aromatic carbocycles. The molecule has 0 spiro atoms. The summed E-state index contributed by atoms with van der Waals surface area (Å²) in [5, 5.41) is 12.0. The standard InChI is InChI=1S/C47H27N3O/c1-3-13-29(14-4-1)45-48-46(30-15-5-2-6-16-30)50-47(49-45)38-26-24-34(32-18-9-10-19-33(32)38)37-25-27-39-41-31-17-8-7-12-28(31)22-23-36(41)35-20-11-21-40-42(35)43(39)44(37)51-40/h1-27H. The van der Waals surface area contributed by atoms with E-state index in [1.54, 1.807) is 0 Å². The largest absolute Gasteiger partial charge is 0.455 e. The molecule has 0 saturated heterocycles. The Kier molecular flexibility index (Phi) is 5.92. The molecular formula is C47H27N3O. The van der Waals surface area contributed by atoms with Gasteiger partial charge in [-0.05, 0) is 66.9 Å². The molecule has 0 amide bonds. The van der Waals surface area contributed by atoms with E-state index in [0.717, 1.165) is 49.8 Å². The van der Waals surface area contributed by atoms with Crippen molar-refractivity contribution in [3.8, 4) is 45.3 Å². The minimum Gasteiger partial charge on any atom is -0.455 e. The highest BCUT2D eigenvalue weighted by Crippen LogP contribution is 2.48. The average Bonchev–Trinajstić information content (AvgIpc) is 3.61. The second kappa shape index (κ2) is 10.8. The molecule has 0 radical (unpaired) electrons. The Labute approximate surface area is 292 Å². The third-order valence-electron chi connectivity index (χ3n) is 10.3. The normalized spacial score (nSPS) is 11.9. The summed E-state index contributed by atoms with van der Waals surface area (Å²) in [5.41, 5.74) is 6.82. The van der Waals surface area contributed by atoms with E-state index in [2.05, 4.69) is 103 Å². The number of benzene rings is 9. The fourth-order valence-electron chi connectivity index (χ4n) is 8.01.